The summed E-state index contributed by atoms with van der Waals surface area (Å²) in [5.41, 5.74) is 1.42. The number of hydrogen-bond donors (Lipinski definition) is 6. The maximum Gasteiger partial charge on any atom is 0.433 e. The van der Waals surface area contributed by atoms with Crippen molar-refractivity contribution in [3.8, 4) is 0 Å². The van der Waals surface area contributed by atoms with Gasteiger partial charge in [-0.05, 0) is 18.2 Å². The fourth-order valence-corrected chi connectivity index (χ4v) is 4.61. The fourth-order valence-electron chi connectivity index (χ4n) is 4.61. The van der Waals surface area contributed by atoms with Crippen LogP contribution in [0.15, 0.2) is 89.3 Å². The number of aromatic nitrogens is 1. The van der Waals surface area contributed by atoms with Gasteiger partial charge in [-0.25, -0.2) is 9.98 Å². The van der Waals surface area contributed by atoms with Crippen LogP contribution in [0.3, 0.4) is 0 Å². The van der Waals surface area contributed by atoms with Gasteiger partial charge >= 0.3 is 6.18 Å². The van der Waals surface area contributed by atoms with Crippen molar-refractivity contribution in [2.45, 2.75) is 12.3 Å². The lowest BCUT2D eigenvalue weighted by molar-refractivity contribution is -0.141. The molecule has 0 saturated carbocycles. The summed E-state index contributed by atoms with van der Waals surface area (Å²) in [4.78, 5) is 22.9. The molecule has 2 aromatic carbocycles. The van der Waals surface area contributed by atoms with Crippen LogP contribution >= 0.6 is 0 Å². The molecule has 2 aliphatic rings. The van der Waals surface area contributed by atoms with Crippen LogP contribution in [-0.2, 0) is 20.4 Å². The number of carbonyl (C=O) groups is 1. The summed E-state index contributed by atoms with van der Waals surface area (Å²) in [6.45, 7) is 1.34. The molecule has 45 heavy (non-hydrogen) atoms. The number of aliphatic imine (C=N–C) groups is 1. The third-order valence-electron chi connectivity index (χ3n) is 6.75. The number of benzene rings is 2. The molecular weight excluding hydrogens is 591 g/mol. The molecule has 12 nitrogen and oxygen atoms in total. The number of amides is 1. The number of carbonyl (C=O) groups excluding carboxylic acids is 1. The minimum absolute atomic E-state index is 0.116. The van der Waals surface area contributed by atoms with E-state index in [9.17, 15) is 18.0 Å². The molecule has 232 valence electrons. The monoisotopic (exact) mass is 619 g/mol. The average Bonchev–Trinajstić information content (AvgIpc) is 3.17. The lowest BCUT2D eigenvalue weighted by Crippen LogP contribution is -2.44. The van der Waals surface area contributed by atoms with E-state index in [1.165, 1.54) is 6.07 Å². The number of amidine groups is 1. The Morgan fingerprint density at radius 1 is 1.04 bits per heavy atom. The average molecular weight is 620 g/mol. The number of nitrogens with one attached hydrogen (secondary N) is 6. The number of morpholine rings is 1. The predicted molar refractivity (Wildman–Crippen MR) is 162 cm³/mol. The summed E-state index contributed by atoms with van der Waals surface area (Å²) in [7, 11) is 0. The van der Waals surface area contributed by atoms with E-state index in [2.05, 4.69) is 25.9 Å². The summed E-state index contributed by atoms with van der Waals surface area (Å²) in [6, 6.07) is 17.6. The number of alkyl halides is 3. The quantitative estimate of drug-likeness (QED) is 0.171. The lowest BCUT2D eigenvalue weighted by Gasteiger charge is -2.32. The van der Waals surface area contributed by atoms with E-state index in [1.807, 2.05) is 42.5 Å². The number of fused-ring (bicyclic) bond motifs is 1. The van der Waals surface area contributed by atoms with Crippen LogP contribution < -0.4 is 16.0 Å². The molecular formula is C30H28F3N9O3. The van der Waals surface area contributed by atoms with Crippen LogP contribution in [0, 0.1) is 16.2 Å². The Balaban J connectivity index is 1.39. The normalized spacial score (nSPS) is 17.0. The minimum atomic E-state index is -4.62. The van der Waals surface area contributed by atoms with Crippen LogP contribution in [0.5, 0.6) is 0 Å². The molecule has 2 aliphatic heterocycles. The highest BCUT2D eigenvalue weighted by Crippen LogP contribution is 2.28. The molecule has 0 unspecified atom stereocenters. The second-order valence-corrected chi connectivity index (χ2v) is 9.75. The molecule has 1 fully saturated rings. The van der Waals surface area contributed by atoms with Crippen molar-refractivity contribution >= 4 is 41.1 Å². The van der Waals surface area contributed by atoms with E-state index in [1.54, 1.807) is 17.0 Å². The lowest BCUT2D eigenvalue weighted by atomic mass is 10.0. The zero-order valence-corrected chi connectivity index (χ0v) is 23.6. The molecule has 3 heterocycles. The maximum atomic E-state index is 13.1. The molecule has 0 bridgehead atoms. The number of nitrogens with zero attached hydrogens (tertiary/aromatic N) is 3. The van der Waals surface area contributed by atoms with Gasteiger partial charge in [0.1, 0.15) is 11.5 Å². The van der Waals surface area contributed by atoms with Gasteiger partial charge in [-0.15, -0.1) is 0 Å². The van der Waals surface area contributed by atoms with E-state index in [0.29, 0.717) is 43.3 Å². The fraction of sp³-hybridized carbons (Fsp3) is 0.200. The highest BCUT2D eigenvalue weighted by molar-refractivity contribution is 6.20. The van der Waals surface area contributed by atoms with Crippen molar-refractivity contribution in [1.82, 2.24) is 15.2 Å². The molecule has 15 heteroatoms. The van der Waals surface area contributed by atoms with Gasteiger partial charge < -0.3 is 35.7 Å². The molecule has 6 N–H and O–H groups in total. The van der Waals surface area contributed by atoms with Crippen LogP contribution in [0.4, 0.5) is 24.5 Å². The molecule has 0 radical (unpaired) electrons. The molecule has 3 aromatic rings. The third-order valence-corrected chi connectivity index (χ3v) is 6.75. The highest BCUT2D eigenvalue weighted by atomic mass is 19.4. The Bertz CT molecular complexity index is 1650. The van der Waals surface area contributed by atoms with E-state index in [-0.39, 0.29) is 17.1 Å². The Morgan fingerprint density at radius 2 is 1.76 bits per heavy atom. The van der Waals surface area contributed by atoms with Gasteiger partial charge in [-0.2, -0.15) is 13.2 Å². The number of pyridine rings is 1. The van der Waals surface area contributed by atoms with Gasteiger partial charge in [0.05, 0.1) is 42.1 Å². The minimum Gasteiger partial charge on any atom is -0.407 e. The first kappa shape index (κ1) is 30.9. The maximum absolute atomic E-state index is 13.1. The summed E-state index contributed by atoms with van der Waals surface area (Å²) >= 11 is 0. The molecule has 1 amide bonds. The summed E-state index contributed by atoms with van der Waals surface area (Å²) in [5, 5.41) is 33.4. The first-order valence-corrected chi connectivity index (χ1v) is 13.7. The highest BCUT2D eigenvalue weighted by Gasteiger charge is 2.32. The SMILES string of the molecule is N=C/C(C(=N)OC(=N)N[C@H]1N=C(c2ccccc2)c2ccccc2NC1=O)=C(\Nc1ccc(C(F)(F)F)nc1)N1CCOCC1. The number of benzodiazepines with no additional fused rings is 1. The number of para-hydroxylation sites is 1. The summed E-state index contributed by atoms with van der Waals surface area (Å²) < 4.78 is 49.9. The molecule has 5 rings (SSSR count). The number of ether oxygens (including phenoxy) is 2. The molecule has 1 saturated heterocycles. The molecule has 0 aliphatic carbocycles. The Kier molecular flexibility index (Phi) is 9.18. The van der Waals surface area contributed by atoms with Gasteiger partial charge in [-0.1, -0.05) is 48.5 Å². The van der Waals surface area contributed by atoms with Gasteiger partial charge in [-0.3, -0.25) is 15.6 Å². The van der Waals surface area contributed by atoms with Gasteiger partial charge in [0.15, 0.2) is 0 Å². The number of anilines is 2. The number of hydrogen-bond acceptors (Lipinski definition) is 10. The topological polar surface area (TPSA) is 172 Å². The van der Waals surface area contributed by atoms with E-state index < -0.39 is 35.9 Å². The van der Waals surface area contributed by atoms with Gasteiger partial charge in [0.25, 0.3) is 11.9 Å². The van der Waals surface area contributed by atoms with E-state index in [0.717, 1.165) is 24.0 Å². The second kappa shape index (κ2) is 13.4. The van der Waals surface area contributed by atoms with Crippen LogP contribution in [0.2, 0.25) is 0 Å². The van der Waals surface area contributed by atoms with E-state index in [4.69, 9.17) is 25.7 Å². The molecule has 0 spiro atoms. The predicted octanol–water partition coefficient (Wildman–Crippen LogP) is 4.04. The van der Waals surface area contributed by atoms with E-state index >= 15 is 0 Å². The summed E-state index contributed by atoms with van der Waals surface area (Å²) in [5.74, 6) is -1.04. The zero-order chi connectivity index (χ0) is 32.0. The van der Waals surface area contributed by atoms with Crippen LogP contribution in [0.1, 0.15) is 16.8 Å². The largest absolute Gasteiger partial charge is 0.433 e. The van der Waals surface area contributed by atoms with Crippen molar-refractivity contribution in [2.24, 2.45) is 4.99 Å². The van der Waals surface area contributed by atoms with Crippen LogP contribution in [0.25, 0.3) is 0 Å². The third kappa shape index (κ3) is 7.33. The van der Waals surface area contributed by atoms with Crippen molar-refractivity contribution in [1.29, 1.82) is 16.2 Å². The van der Waals surface area contributed by atoms with Gasteiger partial charge in [0, 0.05) is 30.4 Å². The molecule has 1 atom stereocenters. The van der Waals surface area contributed by atoms with Crippen molar-refractivity contribution in [3.05, 3.63) is 101 Å². The van der Waals surface area contributed by atoms with Gasteiger partial charge in [0.2, 0.25) is 12.1 Å². The Labute approximate surface area is 255 Å². The first-order valence-electron chi connectivity index (χ1n) is 13.7. The summed E-state index contributed by atoms with van der Waals surface area (Å²) in [6.07, 6.45) is -4.11. The first-order chi connectivity index (χ1) is 21.6. The smallest absolute Gasteiger partial charge is 0.407 e. The number of rotatable bonds is 7. The van der Waals surface area contributed by atoms with Crippen LogP contribution in [-0.4, -0.2) is 72.1 Å². The van der Waals surface area contributed by atoms with Crippen molar-refractivity contribution in [2.75, 3.05) is 36.9 Å². The Hall–Kier alpha value is -5.57. The number of halogens is 3. The zero-order valence-electron chi connectivity index (χ0n) is 23.6. The van der Waals surface area contributed by atoms with Crippen molar-refractivity contribution in [3.63, 3.8) is 0 Å². The Morgan fingerprint density at radius 3 is 2.42 bits per heavy atom. The molecule has 1 aromatic heterocycles. The standard InChI is InChI=1S/C30H28F3N9O3/c31-30(32,33)23-11-10-19(17-37-23)38-27(42-12-14-44-15-13-42)21(16-34)25(35)45-29(36)41-26-28(43)39-22-9-5-4-8-20(22)24(40-26)18-6-2-1-3-7-18/h1-11,16-17,26,34-35,38H,12-15H2,(H2,36,41)(H,39,43)/b27-21-,34-16?,35-25?/t26-/m1/s1. The van der Waals surface area contributed by atoms with Crippen molar-refractivity contribution < 1.29 is 27.4 Å². The second-order valence-electron chi connectivity index (χ2n) is 9.75.